The number of aliphatic hydroxyl groups is 3. The maximum absolute atomic E-state index is 9.16. The van der Waals surface area contributed by atoms with Gasteiger partial charge in [-0.1, -0.05) is 0 Å². The molecule has 0 aliphatic carbocycles. The minimum atomic E-state index is -0.833. The van der Waals surface area contributed by atoms with E-state index in [1.807, 2.05) is 0 Å². The minimum Gasteiger partial charge on any atom is -0.395 e. The highest BCUT2D eigenvalue weighted by Gasteiger charge is 2.37. The van der Waals surface area contributed by atoms with Crippen molar-refractivity contribution in [2.24, 2.45) is 0 Å². The fourth-order valence-electron chi connectivity index (χ4n) is 1.23. The molecular weight excluding hydrogens is 134 g/mol. The molecule has 0 saturated carbocycles. The molecule has 1 rings (SSSR count). The fourth-order valence-corrected chi connectivity index (χ4v) is 1.23. The molecule has 60 valence electrons. The van der Waals surface area contributed by atoms with Gasteiger partial charge >= 0.3 is 0 Å². The molecule has 3 unspecified atom stereocenters. The summed E-state index contributed by atoms with van der Waals surface area (Å²) >= 11 is 0. The van der Waals surface area contributed by atoms with Gasteiger partial charge in [0.15, 0.2) is 0 Å². The van der Waals surface area contributed by atoms with Crippen LogP contribution in [0.1, 0.15) is 6.92 Å². The van der Waals surface area contributed by atoms with Gasteiger partial charge in [-0.05, 0) is 6.92 Å². The molecular formula is C6H13NO3. The predicted molar refractivity (Wildman–Crippen MR) is 35.5 cm³/mol. The van der Waals surface area contributed by atoms with Crippen molar-refractivity contribution in [3.05, 3.63) is 0 Å². The van der Waals surface area contributed by atoms with E-state index < -0.39 is 12.2 Å². The number of hydrogen-bond donors (Lipinski definition) is 4. The first-order valence-corrected chi connectivity index (χ1v) is 3.40. The lowest BCUT2D eigenvalue weighted by atomic mass is 10.1. The molecule has 0 aromatic rings. The van der Waals surface area contributed by atoms with Crippen LogP contribution >= 0.6 is 0 Å². The molecule has 0 radical (unpaired) electrons. The van der Waals surface area contributed by atoms with Gasteiger partial charge in [0.25, 0.3) is 0 Å². The highest BCUT2D eigenvalue weighted by Crippen LogP contribution is 2.12. The van der Waals surface area contributed by atoms with Gasteiger partial charge in [0.05, 0.1) is 24.9 Å². The lowest BCUT2D eigenvalue weighted by Gasteiger charge is -2.11. The van der Waals surface area contributed by atoms with E-state index in [9.17, 15) is 0 Å². The zero-order chi connectivity index (χ0) is 7.72. The quantitative estimate of drug-likeness (QED) is 0.348. The fraction of sp³-hybridized carbons (Fsp3) is 1.00. The summed E-state index contributed by atoms with van der Waals surface area (Å²) in [4.78, 5) is 0. The Bertz CT molecular complexity index is 120. The number of aliphatic hydroxyl groups excluding tert-OH is 3. The smallest absolute Gasteiger partial charge is 0.0989 e. The van der Waals surface area contributed by atoms with Crippen molar-refractivity contribution in [2.45, 2.75) is 31.2 Å². The third kappa shape index (κ3) is 1.15. The Morgan fingerprint density at radius 3 is 2.10 bits per heavy atom. The maximum atomic E-state index is 9.16. The Labute approximate surface area is 59.5 Å². The highest BCUT2D eigenvalue weighted by atomic mass is 16.3. The van der Waals surface area contributed by atoms with Gasteiger partial charge in [0.1, 0.15) is 0 Å². The third-order valence-electron chi connectivity index (χ3n) is 1.95. The molecule has 0 amide bonds. The van der Waals surface area contributed by atoms with Crippen molar-refractivity contribution < 1.29 is 15.3 Å². The van der Waals surface area contributed by atoms with Crippen LogP contribution in [0.3, 0.4) is 0 Å². The van der Waals surface area contributed by atoms with Crippen LogP contribution in [0.5, 0.6) is 0 Å². The van der Waals surface area contributed by atoms with E-state index in [0.29, 0.717) is 0 Å². The van der Waals surface area contributed by atoms with E-state index >= 15 is 0 Å². The Balaban J connectivity index is 2.53. The van der Waals surface area contributed by atoms with E-state index in [1.165, 1.54) is 0 Å². The molecule has 1 saturated heterocycles. The third-order valence-corrected chi connectivity index (χ3v) is 1.95. The molecule has 1 fully saturated rings. The van der Waals surface area contributed by atoms with E-state index in [4.69, 9.17) is 15.3 Å². The summed E-state index contributed by atoms with van der Waals surface area (Å²) in [7, 11) is 0. The van der Waals surface area contributed by atoms with Crippen LogP contribution in [0.15, 0.2) is 0 Å². The Morgan fingerprint density at radius 1 is 1.30 bits per heavy atom. The number of rotatable bonds is 1. The summed E-state index contributed by atoms with van der Waals surface area (Å²) in [6.07, 6.45) is -1.59. The van der Waals surface area contributed by atoms with Crippen LogP contribution < -0.4 is 5.32 Å². The summed E-state index contributed by atoms with van der Waals surface area (Å²) in [6.45, 7) is 1.63. The lowest BCUT2D eigenvalue weighted by Crippen LogP contribution is -2.36. The molecule has 0 aromatic carbocycles. The standard InChI is InChI=1S/C6H13NO3/c1-3-5(9)6(10)4(2-8)7-3/h3-10H,2H2,1H3/t3?,4?,5-,6?/m1/s1. The molecule has 1 aliphatic rings. The van der Waals surface area contributed by atoms with Crippen LogP contribution in [-0.2, 0) is 0 Å². The van der Waals surface area contributed by atoms with Gasteiger partial charge in [-0.3, -0.25) is 0 Å². The van der Waals surface area contributed by atoms with Gasteiger partial charge in [-0.2, -0.15) is 0 Å². The van der Waals surface area contributed by atoms with Crippen LogP contribution in [-0.4, -0.2) is 46.2 Å². The molecule has 4 atom stereocenters. The van der Waals surface area contributed by atoms with Crippen molar-refractivity contribution in [3.63, 3.8) is 0 Å². The molecule has 0 aromatic heterocycles. The van der Waals surface area contributed by atoms with Crippen LogP contribution in [0.2, 0.25) is 0 Å². The highest BCUT2D eigenvalue weighted by molar-refractivity contribution is 4.95. The van der Waals surface area contributed by atoms with Gasteiger partial charge < -0.3 is 20.6 Å². The zero-order valence-corrected chi connectivity index (χ0v) is 5.86. The molecule has 4 nitrogen and oxygen atoms in total. The SMILES string of the molecule is CC1NC(CO)C(O)[C@@H]1O. The van der Waals surface area contributed by atoms with Gasteiger partial charge in [-0.15, -0.1) is 0 Å². The van der Waals surface area contributed by atoms with E-state index in [2.05, 4.69) is 5.32 Å². The van der Waals surface area contributed by atoms with Crippen molar-refractivity contribution in [1.29, 1.82) is 0 Å². The lowest BCUT2D eigenvalue weighted by molar-refractivity contribution is 0.0214. The molecule has 1 heterocycles. The Hall–Kier alpha value is -0.160. The zero-order valence-electron chi connectivity index (χ0n) is 5.86. The van der Waals surface area contributed by atoms with Crippen LogP contribution in [0.25, 0.3) is 0 Å². The molecule has 4 heteroatoms. The second-order valence-corrected chi connectivity index (χ2v) is 2.73. The average Bonchev–Trinajstić information content (AvgIpc) is 2.17. The molecule has 4 N–H and O–H groups in total. The second-order valence-electron chi connectivity index (χ2n) is 2.73. The normalized spacial score (nSPS) is 48.0. The topological polar surface area (TPSA) is 72.7 Å². The summed E-state index contributed by atoms with van der Waals surface area (Å²) in [5, 5.41) is 29.8. The summed E-state index contributed by atoms with van der Waals surface area (Å²) in [6, 6.07) is -0.503. The largest absolute Gasteiger partial charge is 0.395 e. The van der Waals surface area contributed by atoms with Gasteiger partial charge in [-0.25, -0.2) is 0 Å². The van der Waals surface area contributed by atoms with Crippen LogP contribution in [0.4, 0.5) is 0 Å². The molecule has 1 aliphatic heterocycles. The molecule has 10 heavy (non-hydrogen) atoms. The van der Waals surface area contributed by atoms with E-state index in [-0.39, 0.29) is 18.7 Å². The first-order valence-electron chi connectivity index (χ1n) is 3.40. The molecule has 0 spiro atoms. The summed E-state index contributed by atoms with van der Waals surface area (Å²) in [5.41, 5.74) is 0. The van der Waals surface area contributed by atoms with Gasteiger partial charge in [0, 0.05) is 6.04 Å². The van der Waals surface area contributed by atoms with Crippen molar-refractivity contribution in [3.8, 4) is 0 Å². The number of hydrogen-bond acceptors (Lipinski definition) is 4. The van der Waals surface area contributed by atoms with Crippen LogP contribution in [0, 0.1) is 0 Å². The average molecular weight is 147 g/mol. The summed E-state index contributed by atoms with van der Waals surface area (Å²) < 4.78 is 0. The van der Waals surface area contributed by atoms with Crippen molar-refractivity contribution in [1.82, 2.24) is 5.32 Å². The Kier molecular flexibility index (Phi) is 2.25. The van der Waals surface area contributed by atoms with Crippen molar-refractivity contribution in [2.75, 3.05) is 6.61 Å². The van der Waals surface area contributed by atoms with E-state index in [1.54, 1.807) is 6.92 Å². The first-order chi connectivity index (χ1) is 4.66. The summed E-state index contributed by atoms with van der Waals surface area (Å²) in [5.74, 6) is 0. The second kappa shape index (κ2) is 2.84. The van der Waals surface area contributed by atoms with Crippen molar-refractivity contribution >= 4 is 0 Å². The minimum absolute atomic E-state index is 0.132. The van der Waals surface area contributed by atoms with E-state index in [0.717, 1.165) is 0 Å². The predicted octanol–water partition coefficient (Wildman–Crippen LogP) is -1.94. The number of nitrogens with one attached hydrogen (secondary N) is 1. The first kappa shape index (κ1) is 7.94. The Morgan fingerprint density at radius 2 is 1.90 bits per heavy atom. The monoisotopic (exact) mass is 147 g/mol. The van der Waals surface area contributed by atoms with Gasteiger partial charge in [0.2, 0.25) is 0 Å². The molecule has 0 bridgehead atoms. The maximum Gasteiger partial charge on any atom is 0.0989 e.